The van der Waals surface area contributed by atoms with Gasteiger partial charge in [0, 0.05) is 48.9 Å². The van der Waals surface area contributed by atoms with Gasteiger partial charge in [-0.2, -0.15) is 0 Å². The minimum Gasteiger partial charge on any atom is -0.371 e. The van der Waals surface area contributed by atoms with Crippen molar-refractivity contribution in [3.63, 3.8) is 0 Å². The van der Waals surface area contributed by atoms with Gasteiger partial charge in [0.1, 0.15) is 0 Å². The number of nitrogens with zero attached hydrogens (tertiary/aromatic N) is 3. The van der Waals surface area contributed by atoms with Gasteiger partial charge in [-0.05, 0) is 50.2 Å². The molecule has 0 N–H and O–H groups in total. The van der Waals surface area contributed by atoms with Crippen molar-refractivity contribution in [2.45, 2.75) is 46.0 Å². The molecule has 0 atom stereocenters. The zero-order valence-corrected chi connectivity index (χ0v) is 16.7. The van der Waals surface area contributed by atoms with Gasteiger partial charge in [-0.25, -0.2) is 0 Å². The van der Waals surface area contributed by atoms with Crippen LogP contribution in [0.25, 0.3) is 10.9 Å². The summed E-state index contributed by atoms with van der Waals surface area (Å²) in [7, 11) is 0. The maximum Gasteiger partial charge on any atom is 0.225 e. The summed E-state index contributed by atoms with van der Waals surface area (Å²) in [6.45, 7) is 8.27. The van der Waals surface area contributed by atoms with Crippen molar-refractivity contribution in [2.75, 3.05) is 31.1 Å². The number of anilines is 1. The van der Waals surface area contributed by atoms with Crippen molar-refractivity contribution in [3.8, 4) is 0 Å². The molecule has 1 aromatic carbocycles. The Balaban J connectivity index is 1.46. The second kappa shape index (κ2) is 7.87. The van der Waals surface area contributed by atoms with Gasteiger partial charge in [-0.3, -0.25) is 9.78 Å². The van der Waals surface area contributed by atoms with Crippen LogP contribution in [0.4, 0.5) is 5.69 Å². The lowest BCUT2D eigenvalue weighted by atomic mass is 9.92. The van der Waals surface area contributed by atoms with Crippen LogP contribution in [-0.2, 0) is 11.2 Å². The van der Waals surface area contributed by atoms with Crippen LogP contribution in [0.1, 0.15) is 45.2 Å². The van der Waals surface area contributed by atoms with E-state index in [1.54, 1.807) is 0 Å². The number of rotatable bonds is 3. The van der Waals surface area contributed by atoms with Crippen molar-refractivity contribution < 1.29 is 4.79 Å². The van der Waals surface area contributed by atoms with E-state index >= 15 is 0 Å². The number of fused-ring (bicyclic) bond motifs is 1. The van der Waals surface area contributed by atoms with Crippen molar-refractivity contribution >= 4 is 22.5 Å². The van der Waals surface area contributed by atoms with Gasteiger partial charge < -0.3 is 9.80 Å². The number of aryl methyl sites for hydroxylation is 1. The molecule has 0 unspecified atom stereocenters. The van der Waals surface area contributed by atoms with Crippen LogP contribution in [0.3, 0.4) is 0 Å². The van der Waals surface area contributed by atoms with Crippen LogP contribution < -0.4 is 4.90 Å². The quantitative estimate of drug-likeness (QED) is 0.815. The third-order valence-electron chi connectivity index (χ3n) is 6.39. The van der Waals surface area contributed by atoms with Gasteiger partial charge in [-0.1, -0.05) is 32.0 Å². The first-order valence-corrected chi connectivity index (χ1v) is 10.6. The second-order valence-electron chi connectivity index (χ2n) is 8.27. The minimum atomic E-state index is 0.202. The minimum absolute atomic E-state index is 0.202. The highest BCUT2D eigenvalue weighted by Crippen LogP contribution is 2.31. The Kier molecular flexibility index (Phi) is 5.33. The predicted octanol–water partition coefficient (Wildman–Crippen LogP) is 4.27. The van der Waals surface area contributed by atoms with Crippen LogP contribution in [0.5, 0.6) is 0 Å². The second-order valence-corrected chi connectivity index (χ2v) is 8.27. The molecule has 27 heavy (non-hydrogen) atoms. The van der Waals surface area contributed by atoms with Gasteiger partial charge in [0.05, 0.1) is 5.52 Å². The monoisotopic (exact) mass is 365 g/mol. The molecule has 1 aromatic heterocycles. The molecule has 4 rings (SSSR count). The third kappa shape index (κ3) is 3.80. The molecule has 2 fully saturated rings. The van der Waals surface area contributed by atoms with Crippen molar-refractivity contribution in [3.05, 3.63) is 36.0 Å². The topological polar surface area (TPSA) is 36.4 Å². The van der Waals surface area contributed by atoms with Crippen molar-refractivity contribution in [2.24, 2.45) is 11.8 Å². The van der Waals surface area contributed by atoms with E-state index in [1.807, 2.05) is 0 Å². The number of aromatic nitrogens is 1. The molecular weight excluding hydrogens is 334 g/mol. The molecule has 0 bridgehead atoms. The number of amides is 1. The maximum absolute atomic E-state index is 12.9. The van der Waals surface area contributed by atoms with Gasteiger partial charge in [0.15, 0.2) is 0 Å². The molecule has 0 radical (unpaired) electrons. The zero-order valence-electron chi connectivity index (χ0n) is 16.7. The fourth-order valence-electron chi connectivity index (χ4n) is 4.51. The molecule has 0 aliphatic carbocycles. The van der Waals surface area contributed by atoms with Crippen molar-refractivity contribution in [1.29, 1.82) is 0 Å². The Hall–Kier alpha value is -2.10. The van der Waals surface area contributed by atoms with E-state index in [1.165, 1.54) is 11.1 Å². The number of hydrogen-bond acceptors (Lipinski definition) is 3. The van der Waals surface area contributed by atoms with E-state index in [4.69, 9.17) is 4.98 Å². The summed E-state index contributed by atoms with van der Waals surface area (Å²) < 4.78 is 0. The smallest absolute Gasteiger partial charge is 0.225 e. The number of pyridine rings is 1. The number of hydrogen-bond donors (Lipinski definition) is 0. The molecule has 0 spiro atoms. The fraction of sp³-hybridized carbons (Fsp3) is 0.565. The van der Waals surface area contributed by atoms with E-state index < -0.39 is 0 Å². The Bertz CT molecular complexity index is 802. The summed E-state index contributed by atoms with van der Waals surface area (Å²) in [5.74, 6) is 1.37. The highest BCUT2D eigenvalue weighted by atomic mass is 16.2. The molecule has 1 amide bonds. The van der Waals surface area contributed by atoms with E-state index in [2.05, 4.69) is 54.0 Å². The van der Waals surface area contributed by atoms with Gasteiger partial charge in [0.2, 0.25) is 5.91 Å². The summed E-state index contributed by atoms with van der Waals surface area (Å²) in [6, 6.07) is 10.7. The van der Waals surface area contributed by atoms with Gasteiger partial charge in [-0.15, -0.1) is 0 Å². The van der Waals surface area contributed by atoms with E-state index in [9.17, 15) is 4.79 Å². The Labute approximate surface area is 162 Å². The summed E-state index contributed by atoms with van der Waals surface area (Å²) in [6.07, 6.45) is 5.19. The highest BCUT2D eigenvalue weighted by Gasteiger charge is 2.30. The largest absolute Gasteiger partial charge is 0.371 e. The average molecular weight is 366 g/mol. The summed E-state index contributed by atoms with van der Waals surface area (Å²) >= 11 is 0. The maximum atomic E-state index is 12.9. The van der Waals surface area contributed by atoms with Gasteiger partial charge in [0.25, 0.3) is 0 Å². The molecular formula is C23H31N3O. The number of likely N-dealkylation sites (tertiary alicyclic amines) is 1. The molecule has 3 heterocycles. The summed E-state index contributed by atoms with van der Waals surface area (Å²) in [4.78, 5) is 22.3. The first-order chi connectivity index (χ1) is 13.2. The van der Waals surface area contributed by atoms with Crippen LogP contribution in [0.15, 0.2) is 30.3 Å². The van der Waals surface area contributed by atoms with Crippen LogP contribution in [-0.4, -0.2) is 42.0 Å². The van der Waals surface area contributed by atoms with Gasteiger partial charge >= 0.3 is 0 Å². The normalized spacial score (nSPS) is 19.6. The molecule has 0 saturated carbocycles. The first-order valence-electron chi connectivity index (χ1n) is 10.6. The van der Waals surface area contributed by atoms with E-state index in [0.29, 0.717) is 5.91 Å². The van der Waals surface area contributed by atoms with Crippen LogP contribution in [0.2, 0.25) is 0 Å². The zero-order chi connectivity index (χ0) is 18.8. The number of piperidine rings is 2. The Morgan fingerprint density at radius 2 is 1.78 bits per heavy atom. The molecule has 144 valence electrons. The molecule has 4 nitrogen and oxygen atoms in total. The number of carbonyl (C=O) groups is 1. The van der Waals surface area contributed by atoms with Crippen LogP contribution >= 0.6 is 0 Å². The molecule has 2 saturated heterocycles. The fourth-order valence-corrected chi connectivity index (χ4v) is 4.51. The first kappa shape index (κ1) is 18.3. The highest BCUT2D eigenvalue weighted by molar-refractivity contribution is 5.92. The van der Waals surface area contributed by atoms with E-state index in [0.717, 1.165) is 75.4 Å². The standard InChI is InChI=1S/C23H31N3O/c1-3-19-16-22(20-6-4-5-7-21(20)24-19)25-14-10-18(11-15-25)23(27)26-12-8-17(2)9-13-26/h4-7,16-18H,3,8-15H2,1-2H3. The SMILES string of the molecule is CCc1cc(N2CCC(C(=O)N3CCC(C)CC3)CC2)c2ccccc2n1. The lowest BCUT2D eigenvalue weighted by molar-refractivity contribution is -0.137. The number of para-hydroxylation sites is 1. The molecule has 2 aliphatic rings. The molecule has 2 aromatic rings. The summed E-state index contributed by atoms with van der Waals surface area (Å²) in [5.41, 5.74) is 3.51. The lowest BCUT2D eigenvalue weighted by Crippen LogP contribution is -2.45. The molecule has 2 aliphatic heterocycles. The predicted molar refractivity (Wildman–Crippen MR) is 111 cm³/mol. The third-order valence-corrected chi connectivity index (χ3v) is 6.39. The van der Waals surface area contributed by atoms with E-state index in [-0.39, 0.29) is 5.92 Å². The average Bonchev–Trinajstić information content (AvgIpc) is 2.73. The summed E-state index contributed by atoms with van der Waals surface area (Å²) in [5, 5.41) is 1.23. The van der Waals surface area contributed by atoms with Crippen molar-refractivity contribution in [1.82, 2.24) is 9.88 Å². The number of carbonyl (C=O) groups excluding carboxylic acids is 1. The molecule has 4 heteroatoms. The lowest BCUT2D eigenvalue weighted by Gasteiger charge is -2.37. The van der Waals surface area contributed by atoms with Crippen LogP contribution in [0, 0.1) is 11.8 Å². The Morgan fingerprint density at radius 1 is 1.07 bits per heavy atom. The number of benzene rings is 1. The Morgan fingerprint density at radius 3 is 2.48 bits per heavy atom.